The highest BCUT2D eigenvalue weighted by atomic mass is 32.2. The molecule has 0 aliphatic heterocycles. The van der Waals surface area contributed by atoms with E-state index in [9.17, 15) is 0 Å². The molecule has 0 aliphatic carbocycles. The Labute approximate surface area is 99.0 Å². The predicted octanol–water partition coefficient (Wildman–Crippen LogP) is 2.58. The lowest BCUT2D eigenvalue weighted by atomic mass is 10.3. The SMILES string of the molecule is NNC(CSc1ccccc1)c1ccco1. The van der Waals surface area contributed by atoms with Crippen LogP contribution < -0.4 is 11.3 Å². The van der Waals surface area contributed by atoms with Crippen molar-refractivity contribution >= 4 is 11.8 Å². The maximum atomic E-state index is 5.50. The van der Waals surface area contributed by atoms with Gasteiger partial charge in [0.2, 0.25) is 0 Å². The maximum absolute atomic E-state index is 5.50. The van der Waals surface area contributed by atoms with Crippen LogP contribution in [0, 0.1) is 0 Å². The van der Waals surface area contributed by atoms with Crippen molar-refractivity contribution < 1.29 is 4.42 Å². The summed E-state index contributed by atoms with van der Waals surface area (Å²) in [6, 6.07) is 14.1. The summed E-state index contributed by atoms with van der Waals surface area (Å²) in [7, 11) is 0. The van der Waals surface area contributed by atoms with Gasteiger partial charge in [0.15, 0.2) is 0 Å². The van der Waals surface area contributed by atoms with Crippen LogP contribution in [0.4, 0.5) is 0 Å². The first-order chi connectivity index (χ1) is 7.90. The van der Waals surface area contributed by atoms with Gasteiger partial charge in [0.1, 0.15) is 5.76 Å². The average molecular weight is 234 g/mol. The van der Waals surface area contributed by atoms with Crippen LogP contribution in [0.3, 0.4) is 0 Å². The van der Waals surface area contributed by atoms with Crippen molar-refractivity contribution in [3.05, 3.63) is 54.5 Å². The van der Waals surface area contributed by atoms with Gasteiger partial charge in [0, 0.05) is 10.6 Å². The highest BCUT2D eigenvalue weighted by Gasteiger charge is 2.12. The number of hydrogen-bond donors (Lipinski definition) is 2. The van der Waals surface area contributed by atoms with Crippen LogP contribution in [0.5, 0.6) is 0 Å². The van der Waals surface area contributed by atoms with Gasteiger partial charge in [-0.1, -0.05) is 18.2 Å². The van der Waals surface area contributed by atoms with Gasteiger partial charge in [-0.15, -0.1) is 11.8 Å². The molecule has 3 N–H and O–H groups in total. The Hall–Kier alpha value is -1.23. The van der Waals surface area contributed by atoms with E-state index < -0.39 is 0 Å². The number of benzene rings is 1. The van der Waals surface area contributed by atoms with E-state index in [4.69, 9.17) is 10.3 Å². The van der Waals surface area contributed by atoms with Gasteiger partial charge in [-0.05, 0) is 24.3 Å². The molecule has 0 fully saturated rings. The van der Waals surface area contributed by atoms with Crippen molar-refractivity contribution in [2.45, 2.75) is 10.9 Å². The van der Waals surface area contributed by atoms with Crippen molar-refractivity contribution in [2.24, 2.45) is 5.84 Å². The predicted molar refractivity (Wildman–Crippen MR) is 65.9 cm³/mol. The number of furan rings is 1. The second kappa shape index (κ2) is 5.75. The van der Waals surface area contributed by atoms with E-state index in [1.807, 2.05) is 30.3 Å². The molecule has 16 heavy (non-hydrogen) atoms. The molecule has 0 saturated carbocycles. The molecule has 2 aromatic rings. The van der Waals surface area contributed by atoms with Gasteiger partial charge in [0.05, 0.1) is 12.3 Å². The van der Waals surface area contributed by atoms with E-state index in [1.54, 1.807) is 18.0 Å². The summed E-state index contributed by atoms with van der Waals surface area (Å²) in [5.41, 5.74) is 2.76. The summed E-state index contributed by atoms with van der Waals surface area (Å²) in [6.45, 7) is 0. The molecular formula is C12H14N2OS. The standard InChI is InChI=1S/C12H14N2OS/c13-14-11(12-7-4-8-15-12)9-16-10-5-2-1-3-6-10/h1-8,11,14H,9,13H2. The van der Waals surface area contributed by atoms with Crippen LogP contribution >= 0.6 is 11.8 Å². The summed E-state index contributed by atoms with van der Waals surface area (Å²) in [6.07, 6.45) is 1.66. The van der Waals surface area contributed by atoms with Crippen molar-refractivity contribution in [2.75, 3.05) is 5.75 Å². The number of hydrazine groups is 1. The fourth-order valence-corrected chi connectivity index (χ4v) is 2.37. The fourth-order valence-electron chi connectivity index (χ4n) is 1.40. The smallest absolute Gasteiger partial charge is 0.122 e. The Kier molecular flexibility index (Phi) is 4.04. The van der Waals surface area contributed by atoms with Gasteiger partial charge < -0.3 is 4.42 Å². The van der Waals surface area contributed by atoms with E-state index >= 15 is 0 Å². The largest absolute Gasteiger partial charge is 0.468 e. The third kappa shape index (κ3) is 2.88. The van der Waals surface area contributed by atoms with Gasteiger partial charge >= 0.3 is 0 Å². The third-order valence-electron chi connectivity index (χ3n) is 2.25. The quantitative estimate of drug-likeness (QED) is 0.474. The molecule has 1 heterocycles. The summed E-state index contributed by atoms with van der Waals surface area (Å²) in [5, 5.41) is 0. The Morgan fingerprint density at radius 3 is 2.62 bits per heavy atom. The van der Waals surface area contributed by atoms with Crippen LogP contribution in [0.25, 0.3) is 0 Å². The van der Waals surface area contributed by atoms with Crippen molar-refractivity contribution in [1.29, 1.82) is 0 Å². The van der Waals surface area contributed by atoms with Crippen molar-refractivity contribution in [3.63, 3.8) is 0 Å². The fraction of sp³-hybridized carbons (Fsp3) is 0.167. The second-order valence-electron chi connectivity index (χ2n) is 3.36. The van der Waals surface area contributed by atoms with E-state index in [1.165, 1.54) is 4.90 Å². The minimum atomic E-state index is 0.0419. The van der Waals surface area contributed by atoms with Gasteiger partial charge in [-0.3, -0.25) is 5.84 Å². The third-order valence-corrected chi connectivity index (χ3v) is 3.35. The lowest BCUT2D eigenvalue weighted by Gasteiger charge is -2.12. The maximum Gasteiger partial charge on any atom is 0.122 e. The number of hydrogen-bond acceptors (Lipinski definition) is 4. The molecule has 0 radical (unpaired) electrons. The van der Waals surface area contributed by atoms with E-state index in [-0.39, 0.29) is 6.04 Å². The number of nitrogens with two attached hydrogens (primary N) is 1. The lowest BCUT2D eigenvalue weighted by molar-refractivity contribution is 0.441. The first-order valence-electron chi connectivity index (χ1n) is 5.07. The number of rotatable bonds is 5. The van der Waals surface area contributed by atoms with Gasteiger partial charge in [-0.2, -0.15) is 0 Å². The Balaban J connectivity index is 1.94. The van der Waals surface area contributed by atoms with Crippen LogP contribution in [0.15, 0.2) is 58.0 Å². The van der Waals surface area contributed by atoms with Gasteiger partial charge in [0.25, 0.3) is 0 Å². The number of thioether (sulfide) groups is 1. The minimum absolute atomic E-state index is 0.0419. The first kappa shape index (κ1) is 11.3. The molecule has 2 rings (SSSR count). The molecule has 0 amide bonds. The molecule has 4 heteroatoms. The zero-order chi connectivity index (χ0) is 11.2. The second-order valence-corrected chi connectivity index (χ2v) is 4.45. The topological polar surface area (TPSA) is 51.2 Å². The Morgan fingerprint density at radius 2 is 2.00 bits per heavy atom. The summed E-state index contributed by atoms with van der Waals surface area (Å²) < 4.78 is 5.32. The van der Waals surface area contributed by atoms with Crippen LogP contribution in [-0.4, -0.2) is 5.75 Å². The highest BCUT2D eigenvalue weighted by Crippen LogP contribution is 2.24. The normalized spacial score (nSPS) is 12.6. The molecule has 1 atom stereocenters. The first-order valence-corrected chi connectivity index (χ1v) is 6.06. The average Bonchev–Trinajstić information content (AvgIpc) is 2.85. The molecule has 0 aliphatic rings. The van der Waals surface area contributed by atoms with Crippen LogP contribution in [0.1, 0.15) is 11.8 Å². The summed E-state index contributed by atoms with van der Waals surface area (Å²) >= 11 is 1.75. The molecule has 84 valence electrons. The zero-order valence-corrected chi connectivity index (χ0v) is 9.61. The van der Waals surface area contributed by atoms with Crippen molar-refractivity contribution in [3.8, 4) is 0 Å². The molecule has 0 bridgehead atoms. The number of nitrogens with one attached hydrogen (secondary N) is 1. The molecule has 0 saturated heterocycles. The molecular weight excluding hydrogens is 220 g/mol. The monoisotopic (exact) mass is 234 g/mol. The Morgan fingerprint density at radius 1 is 1.19 bits per heavy atom. The lowest BCUT2D eigenvalue weighted by Crippen LogP contribution is -2.29. The summed E-state index contributed by atoms with van der Waals surface area (Å²) in [5.74, 6) is 7.21. The van der Waals surface area contributed by atoms with Gasteiger partial charge in [-0.25, -0.2) is 5.43 Å². The summed E-state index contributed by atoms with van der Waals surface area (Å²) in [4.78, 5) is 1.23. The van der Waals surface area contributed by atoms with Crippen molar-refractivity contribution in [1.82, 2.24) is 5.43 Å². The molecule has 1 unspecified atom stereocenters. The minimum Gasteiger partial charge on any atom is -0.468 e. The molecule has 3 nitrogen and oxygen atoms in total. The van der Waals surface area contributed by atoms with E-state index in [0.29, 0.717) is 0 Å². The zero-order valence-electron chi connectivity index (χ0n) is 8.80. The molecule has 0 spiro atoms. The Bertz CT molecular complexity index is 402. The highest BCUT2D eigenvalue weighted by molar-refractivity contribution is 7.99. The molecule has 1 aromatic heterocycles. The van der Waals surface area contributed by atoms with Crippen LogP contribution in [0.2, 0.25) is 0 Å². The van der Waals surface area contributed by atoms with E-state index in [2.05, 4.69) is 17.6 Å². The van der Waals surface area contributed by atoms with E-state index in [0.717, 1.165) is 11.5 Å². The molecule has 1 aromatic carbocycles. The van der Waals surface area contributed by atoms with Crippen LogP contribution in [-0.2, 0) is 0 Å².